The highest BCUT2D eigenvalue weighted by Crippen LogP contribution is 2.21. The smallest absolute Gasteiger partial charge is 0.134 e. The van der Waals surface area contributed by atoms with Gasteiger partial charge in [-0.2, -0.15) is 0 Å². The lowest BCUT2D eigenvalue weighted by Gasteiger charge is -2.06. The van der Waals surface area contributed by atoms with Crippen LogP contribution in [0.25, 0.3) is 0 Å². The first kappa shape index (κ1) is 11.7. The van der Waals surface area contributed by atoms with Crippen molar-refractivity contribution < 1.29 is 0 Å². The summed E-state index contributed by atoms with van der Waals surface area (Å²) in [6.07, 6.45) is 0.911. The van der Waals surface area contributed by atoms with Crippen LogP contribution in [-0.4, -0.2) is 16.7 Å². The SMILES string of the molecule is CCNC(C)c1nnc(Cc2cccs2)s1. The van der Waals surface area contributed by atoms with Crippen molar-refractivity contribution in [3.8, 4) is 0 Å². The molecule has 1 unspecified atom stereocenters. The molecule has 0 aromatic carbocycles. The molecule has 2 aromatic heterocycles. The molecule has 3 nitrogen and oxygen atoms in total. The van der Waals surface area contributed by atoms with E-state index in [-0.39, 0.29) is 0 Å². The van der Waals surface area contributed by atoms with E-state index in [0.717, 1.165) is 23.0 Å². The van der Waals surface area contributed by atoms with Crippen molar-refractivity contribution in [1.82, 2.24) is 15.5 Å². The standard InChI is InChI=1S/C11H15N3S2/c1-3-12-8(2)11-14-13-10(16-11)7-9-5-4-6-15-9/h4-6,8,12H,3,7H2,1-2H3. The second-order valence-corrected chi connectivity index (χ2v) is 5.70. The van der Waals surface area contributed by atoms with Gasteiger partial charge in [-0.05, 0) is 24.9 Å². The van der Waals surface area contributed by atoms with E-state index in [1.165, 1.54) is 4.88 Å². The highest BCUT2D eigenvalue weighted by atomic mass is 32.1. The predicted molar refractivity (Wildman–Crippen MR) is 69.1 cm³/mol. The number of hydrogen-bond donors (Lipinski definition) is 1. The molecule has 0 saturated carbocycles. The van der Waals surface area contributed by atoms with E-state index in [2.05, 4.69) is 46.9 Å². The number of nitrogens with one attached hydrogen (secondary N) is 1. The highest BCUT2D eigenvalue weighted by molar-refractivity contribution is 7.12. The third-order valence-corrected chi connectivity index (χ3v) is 4.25. The van der Waals surface area contributed by atoms with E-state index in [9.17, 15) is 0 Å². The fourth-order valence-electron chi connectivity index (χ4n) is 1.47. The van der Waals surface area contributed by atoms with Crippen LogP contribution in [0.3, 0.4) is 0 Å². The van der Waals surface area contributed by atoms with Gasteiger partial charge in [0, 0.05) is 11.3 Å². The van der Waals surface area contributed by atoms with Crippen LogP contribution in [0, 0.1) is 0 Å². The first-order valence-corrected chi connectivity index (χ1v) is 7.07. The van der Waals surface area contributed by atoms with E-state index < -0.39 is 0 Å². The largest absolute Gasteiger partial charge is 0.308 e. The molecule has 0 amide bonds. The summed E-state index contributed by atoms with van der Waals surface area (Å²) < 4.78 is 0. The van der Waals surface area contributed by atoms with Crippen molar-refractivity contribution in [1.29, 1.82) is 0 Å². The number of aromatic nitrogens is 2. The van der Waals surface area contributed by atoms with Crippen molar-refractivity contribution >= 4 is 22.7 Å². The molecule has 1 N–H and O–H groups in total. The summed E-state index contributed by atoms with van der Waals surface area (Å²) in [6, 6.07) is 4.52. The van der Waals surface area contributed by atoms with Crippen molar-refractivity contribution in [3.63, 3.8) is 0 Å². The van der Waals surface area contributed by atoms with Gasteiger partial charge in [0.25, 0.3) is 0 Å². The molecule has 0 saturated heterocycles. The summed E-state index contributed by atoms with van der Waals surface area (Å²) in [5.74, 6) is 0. The van der Waals surface area contributed by atoms with Crippen LogP contribution < -0.4 is 5.32 Å². The minimum Gasteiger partial charge on any atom is -0.308 e. The predicted octanol–water partition coefficient (Wildman–Crippen LogP) is 2.86. The van der Waals surface area contributed by atoms with Gasteiger partial charge in [0.15, 0.2) is 0 Å². The maximum atomic E-state index is 4.23. The van der Waals surface area contributed by atoms with Gasteiger partial charge in [-0.25, -0.2) is 0 Å². The number of hydrogen-bond acceptors (Lipinski definition) is 5. The Kier molecular flexibility index (Phi) is 4.04. The zero-order valence-electron chi connectivity index (χ0n) is 9.43. The lowest BCUT2D eigenvalue weighted by Crippen LogP contribution is -2.17. The average molecular weight is 253 g/mol. The van der Waals surface area contributed by atoms with Crippen molar-refractivity contribution in [3.05, 3.63) is 32.4 Å². The first-order chi connectivity index (χ1) is 7.79. The zero-order valence-corrected chi connectivity index (χ0v) is 11.1. The Labute approximate surface area is 104 Å². The summed E-state index contributed by atoms with van der Waals surface area (Å²) >= 11 is 3.47. The molecule has 2 rings (SSSR count). The molecule has 0 bridgehead atoms. The van der Waals surface area contributed by atoms with Crippen LogP contribution in [-0.2, 0) is 6.42 Å². The molecule has 1 atom stereocenters. The van der Waals surface area contributed by atoms with Gasteiger partial charge >= 0.3 is 0 Å². The summed E-state index contributed by atoms with van der Waals surface area (Å²) in [5.41, 5.74) is 0. The van der Waals surface area contributed by atoms with Gasteiger partial charge in [0.2, 0.25) is 0 Å². The van der Waals surface area contributed by atoms with Gasteiger partial charge in [0.1, 0.15) is 10.0 Å². The van der Waals surface area contributed by atoms with Crippen LogP contribution in [0.4, 0.5) is 0 Å². The van der Waals surface area contributed by atoms with Gasteiger partial charge in [-0.15, -0.1) is 21.5 Å². The Hall–Kier alpha value is -0.780. The first-order valence-electron chi connectivity index (χ1n) is 5.37. The maximum Gasteiger partial charge on any atom is 0.134 e. The second kappa shape index (κ2) is 5.52. The average Bonchev–Trinajstić information content (AvgIpc) is 2.90. The lowest BCUT2D eigenvalue weighted by atomic mass is 10.3. The van der Waals surface area contributed by atoms with E-state index in [1.54, 1.807) is 22.7 Å². The van der Waals surface area contributed by atoms with E-state index in [4.69, 9.17) is 0 Å². The molecule has 0 aliphatic heterocycles. The monoisotopic (exact) mass is 253 g/mol. The lowest BCUT2D eigenvalue weighted by molar-refractivity contribution is 0.589. The Morgan fingerprint density at radius 3 is 3.00 bits per heavy atom. The third kappa shape index (κ3) is 2.87. The summed E-state index contributed by atoms with van der Waals surface area (Å²) in [7, 11) is 0. The Morgan fingerprint density at radius 2 is 2.31 bits per heavy atom. The molecular formula is C11H15N3S2. The quantitative estimate of drug-likeness (QED) is 0.890. The molecule has 2 heterocycles. The molecule has 0 spiro atoms. The molecule has 0 aliphatic rings. The molecule has 0 radical (unpaired) electrons. The fraction of sp³-hybridized carbons (Fsp3) is 0.455. The Morgan fingerprint density at radius 1 is 1.44 bits per heavy atom. The van der Waals surface area contributed by atoms with Crippen molar-refractivity contribution in [2.45, 2.75) is 26.3 Å². The fourth-order valence-corrected chi connectivity index (χ4v) is 3.16. The van der Waals surface area contributed by atoms with Crippen LogP contribution >= 0.6 is 22.7 Å². The minimum atomic E-state index is 0.305. The van der Waals surface area contributed by atoms with Crippen molar-refractivity contribution in [2.75, 3.05) is 6.54 Å². The topological polar surface area (TPSA) is 37.8 Å². The van der Waals surface area contributed by atoms with Crippen LogP contribution in [0.15, 0.2) is 17.5 Å². The van der Waals surface area contributed by atoms with Gasteiger partial charge < -0.3 is 5.32 Å². The van der Waals surface area contributed by atoms with Crippen LogP contribution in [0.5, 0.6) is 0 Å². The number of rotatable bonds is 5. The van der Waals surface area contributed by atoms with Crippen LogP contribution in [0.2, 0.25) is 0 Å². The molecular weight excluding hydrogens is 238 g/mol. The van der Waals surface area contributed by atoms with Crippen LogP contribution in [0.1, 0.15) is 34.8 Å². The van der Waals surface area contributed by atoms with E-state index >= 15 is 0 Å². The highest BCUT2D eigenvalue weighted by Gasteiger charge is 2.11. The third-order valence-electron chi connectivity index (χ3n) is 2.27. The Balaban J connectivity index is 2.02. The minimum absolute atomic E-state index is 0.305. The number of thiophene rings is 1. The van der Waals surface area contributed by atoms with Gasteiger partial charge in [0.05, 0.1) is 6.04 Å². The normalized spacial score (nSPS) is 12.9. The maximum absolute atomic E-state index is 4.23. The van der Waals surface area contributed by atoms with E-state index in [0.29, 0.717) is 6.04 Å². The second-order valence-electron chi connectivity index (χ2n) is 3.57. The molecule has 0 aliphatic carbocycles. The Bertz CT molecular complexity index is 422. The van der Waals surface area contributed by atoms with Gasteiger partial charge in [-0.1, -0.05) is 24.3 Å². The van der Waals surface area contributed by atoms with E-state index in [1.807, 2.05) is 0 Å². The molecule has 2 aromatic rings. The summed E-state index contributed by atoms with van der Waals surface area (Å²) in [6.45, 7) is 5.18. The van der Waals surface area contributed by atoms with Crippen molar-refractivity contribution in [2.24, 2.45) is 0 Å². The summed E-state index contributed by atoms with van der Waals surface area (Å²) in [5, 5.41) is 16.1. The van der Waals surface area contributed by atoms with Gasteiger partial charge in [-0.3, -0.25) is 0 Å². The molecule has 5 heteroatoms. The molecule has 86 valence electrons. The zero-order chi connectivity index (χ0) is 11.4. The molecule has 16 heavy (non-hydrogen) atoms. The molecule has 0 fully saturated rings. The summed E-state index contributed by atoms with van der Waals surface area (Å²) in [4.78, 5) is 1.35. The number of nitrogens with zero attached hydrogens (tertiary/aromatic N) is 2.